The number of hydrogen-bond acceptors (Lipinski definition) is 0. The molecular formula is C29H44Si. The maximum atomic E-state index is 2.74. The minimum Gasteiger partial charge on any atom is -0.0768 e. The second kappa shape index (κ2) is 10.5. The van der Waals surface area contributed by atoms with E-state index in [1.54, 1.807) is 18.1 Å². The van der Waals surface area contributed by atoms with Gasteiger partial charge < -0.3 is 0 Å². The summed E-state index contributed by atoms with van der Waals surface area (Å²) in [6.45, 7) is 4.76. The fourth-order valence-corrected chi connectivity index (χ4v) is 10.7. The van der Waals surface area contributed by atoms with E-state index in [-0.39, 0.29) is 0 Å². The molecule has 1 unspecified atom stereocenters. The van der Waals surface area contributed by atoms with Crippen LogP contribution in [-0.4, -0.2) is 8.80 Å². The Morgan fingerprint density at radius 2 is 1.57 bits per heavy atom. The molecule has 0 bridgehead atoms. The van der Waals surface area contributed by atoms with Gasteiger partial charge in [0.25, 0.3) is 0 Å². The van der Waals surface area contributed by atoms with Crippen LogP contribution in [0.2, 0.25) is 18.1 Å². The third kappa shape index (κ3) is 4.87. The summed E-state index contributed by atoms with van der Waals surface area (Å²) in [7, 11) is -0.413. The van der Waals surface area contributed by atoms with E-state index in [0.717, 1.165) is 17.8 Å². The fraction of sp³-hybridized carbons (Fsp3) is 0.655. The standard InChI is InChI=1S/C29H44Si/c1-3-8-24-11-13-27(14-12-24)29(28-17-22-30(21-4-2)23-18-28)19-15-26(16-20-29)25-9-6-5-7-10-25/h5-7,9-10,15-16,19,24,27-28,30H,3-4,8,11-14,17-18,20-23H2,1-2H3. The zero-order valence-corrected chi connectivity index (χ0v) is 20.8. The predicted octanol–water partition coefficient (Wildman–Crippen LogP) is 8.67. The Morgan fingerprint density at radius 3 is 2.17 bits per heavy atom. The van der Waals surface area contributed by atoms with E-state index >= 15 is 0 Å². The monoisotopic (exact) mass is 420 g/mol. The lowest BCUT2D eigenvalue weighted by Gasteiger charge is -2.50. The first kappa shape index (κ1) is 22.1. The summed E-state index contributed by atoms with van der Waals surface area (Å²) < 4.78 is 0. The summed E-state index contributed by atoms with van der Waals surface area (Å²) >= 11 is 0. The Morgan fingerprint density at radius 1 is 0.867 bits per heavy atom. The summed E-state index contributed by atoms with van der Waals surface area (Å²) in [5.41, 5.74) is 3.31. The van der Waals surface area contributed by atoms with Crippen molar-refractivity contribution in [1.82, 2.24) is 0 Å². The van der Waals surface area contributed by atoms with Crippen LogP contribution in [0.25, 0.3) is 5.57 Å². The number of allylic oxidation sites excluding steroid dienone is 4. The molecule has 0 aromatic heterocycles. The summed E-state index contributed by atoms with van der Waals surface area (Å²) in [4.78, 5) is 0. The van der Waals surface area contributed by atoms with E-state index in [0.29, 0.717) is 5.41 Å². The first-order chi connectivity index (χ1) is 14.7. The molecule has 1 heterocycles. The average Bonchev–Trinajstić information content (AvgIpc) is 2.81. The number of hydrogen-bond donors (Lipinski definition) is 0. The van der Waals surface area contributed by atoms with Gasteiger partial charge in [-0.15, -0.1) is 0 Å². The van der Waals surface area contributed by atoms with E-state index in [4.69, 9.17) is 0 Å². The van der Waals surface area contributed by atoms with E-state index in [9.17, 15) is 0 Å². The van der Waals surface area contributed by atoms with Crippen LogP contribution in [0, 0.1) is 23.2 Å². The largest absolute Gasteiger partial charge is 0.0768 e. The van der Waals surface area contributed by atoms with Crippen molar-refractivity contribution < 1.29 is 0 Å². The van der Waals surface area contributed by atoms with Gasteiger partial charge in [-0.2, -0.15) is 0 Å². The van der Waals surface area contributed by atoms with Gasteiger partial charge in [0.2, 0.25) is 0 Å². The van der Waals surface area contributed by atoms with Crippen LogP contribution in [-0.2, 0) is 0 Å². The van der Waals surface area contributed by atoms with Crippen molar-refractivity contribution in [2.45, 2.75) is 96.2 Å². The molecule has 0 amide bonds. The SMILES string of the molecule is CCCC1CCC(C2(C3CC[SiH](CCC)CC3)C=CC(c3ccccc3)=CC2)CC1. The minimum absolute atomic E-state index is 0.413. The van der Waals surface area contributed by atoms with Crippen LogP contribution >= 0.6 is 0 Å². The smallest absolute Gasteiger partial charge is 0.0367 e. The molecule has 1 aromatic carbocycles. The van der Waals surface area contributed by atoms with Gasteiger partial charge in [0.05, 0.1) is 0 Å². The maximum absolute atomic E-state index is 2.74. The van der Waals surface area contributed by atoms with Crippen molar-refractivity contribution in [2.75, 3.05) is 0 Å². The third-order valence-corrected chi connectivity index (χ3v) is 12.7. The highest BCUT2D eigenvalue weighted by Gasteiger charge is 2.45. The molecule has 1 saturated carbocycles. The Balaban J connectivity index is 1.51. The molecule has 4 rings (SSSR count). The summed E-state index contributed by atoms with van der Waals surface area (Å²) in [6.07, 6.45) is 22.4. The molecule has 0 N–H and O–H groups in total. The van der Waals surface area contributed by atoms with Crippen molar-refractivity contribution in [3.8, 4) is 0 Å². The van der Waals surface area contributed by atoms with Gasteiger partial charge in [-0.05, 0) is 53.6 Å². The Hall–Kier alpha value is -1.08. The molecule has 2 fully saturated rings. The molecule has 1 heteroatoms. The second-order valence-corrected chi connectivity index (χ2v) is 14.2. The van der Waals surface area contributed by atoms with Gasteiger partial charge in [0.15, 0.2) is 0 Å². The summed E-state index contributed by atoms with van der Waals surface area (Å²) in [5.74, 6) is 2.87. The highest BCUT2D eigenvalue weighted by molar-refractivity contribution is 6.58. The van der Waals surface area contributed by atoms with Crippen LogP contribution in [0.1, 0.15) is 83.6 Å². The molecule has 30 heavy (non-hydrogen) atoms. The summed E-state index contributed by atoms with van der Waals surface area (Å²) in [6, 6.07) is 15.9. The topological polar surface area (TPSA) is 0 Å². The molecular weight excluding hydrogens is 376 g/mol. The number of benzene rings is 1. The minimum atomic E-state index is -0.413. The van der Waals surface area contributed by atoms with Crippen LogP contribution in [0.5, 0.6) is 0 Å². The van der Waals surface area contributed by atoms with Gasteiger partial charge in [0.1, 0.15) is 0 Å². The third-order valence-electron chi connectivity index (χ3n) is 8.96. The highest BCUT2D eigenvalue weighted by atomic mass is 28.3. The second-order valence-electron chi connectivity index (χ2n) is 10.7. The zero-order chi connectivity index (χ0) is 20.8. The molecule has 2 aliphatic carbocycles. The molecule has 1 aromatic rings. The molecule has 1 atom stereocenters. The first-order valence-corrected chi connectivity index (χ1v) is 15.6. The first-order valence-electron chi connectivity index (χ1n) is 13.2. The van der Waals surface area contributed by atoms with Gasteiger partial charge in [0, 0.05) is 8.80 Å². The van der Waals surface area contributed by atoms with Gasteiger partial charge in [-0.1, -0.05) is 125 Å². The normalized spacial score (nSPS) is 34.5. The van der Waals surface area contributed by atoms with Crippen LogP contribution in [0.15, 0.2) is 48.6 Å². The Kier molecular flexibility index (Phi) is 7.73. The van der Waals surface area contributed by atoms with E-state index in [1.165, 1.54) is 75.3 Å². The molecule has 3 aliphatic rings. The van der Waals surface area contributed by atoms with Gasteiger partial charge in [-0.25, -0.2) is 0 Å². The molecule has 1 aliphatic heterocycles. The molecule has 0 nitrogen and oxygen atoms in total. The average molecular weight is 421 g/mol. The van der Waals surface area contributed by atoms with Crippen LogP contribution in [0.4, 0.5) is 0 Å². The van der Waals surface area contributed by atoms with E-state index < -0.39 is 8.80 Å². The van der Waals surface area contributed by atoms with Crippen molar-refractivity contribution in [1.29, 1.82) is 0 Å². The summed E-state index contributed by atoms with van der Waals surface area (Å²) in [5, 5.41) is 0. The maximum Gasteiger partial charge on any atom is 0.0367 e. The van der Waals surface area contributed by atoms with E-state index in [1.807, 2.05) is 0 Å². The molecule has 164 valence electrons. The van der Waals surface area contributed by atoms with Crippen molar-refractivity contribution in [2.24, 2.45) is 23.2 Å². The predicted molar refractivity (Wildman–Crippen MR) is 136 cm³/mol. The zero-order valence-electron chi connectivity index (χ0n) is 19.6. The molecule has 1 saturated heterocycles. The van der Waals surface area contributed by atoms with Crippen molar-refractivity contribution in [3.63, 3.8) is 0 Å². The van der Waals surface area contributed by atoms with Crippen molar-refractivity contribution in [3.05, 3.63) is 54.1 Å². The fourth-order valence-electron chi connectivity index (χ4n) is 7.24. The Bertz CT molecular complexity index is 673. The van der Waals surface area contributed by atoms with Crippen molar-refractivity contribution >= 4 is 14.4 Å². The van der Waals surface area contributed by atoms with Crippen LogP contribution in [0.3, 0.4) is 0 Å². The van der Waals surface area contributed by atoms with Gasteiger partial charge >= 0.3 is 0 Å². The lowest BCUT2D eigenvalue weighted by Crippen LogP contribution is -2.41. The number of rotatable bonds is 7. The van der Waals surface area contributed by atoms with Crippen LogP contribution < -0.4 is 0 Å². The van der Waals surface area contributed by atoms with Gasteiger partial charge in [-0.3, -0.25) is 0 Å². The van der Waals surface area contributed by atoms with E-state index in [2.05, 4.69) is 62.4 Å². The molecule has 0 radical (unpaired) electrons. The lowest BCUT2D eigenvalue weighted by molar-refractivity contribution is 0.0719. The molecule has 0 spiro atoms. The lowest BCUT2D eigenvalue weighted by atomic mass is 9.56. The highest BCUT2D eigenvalue weighted by Crippen LogP contribution is 2.55. The Labute approximate surface area is 187 Å². The quantitative estimate of drug-likeness (QED) is 0.387.